The highest BCUT2D eigenvalue weighted by atomic mass is 19.1. The molecule has 2 amide bonds. The summed E-state index contributed by atoms with van der Waals surface area (Å²) in [6.45, 7) is 7.09. The second-order valence-electron chi connectivity index (χ2n) is 11.0. The Morgan fingerprint density at radius 2 is 1.82 bits per heavy atom. The average Bonchev–Trinajstić information content (AvgIpc) is 2.84. The minimum Gasteiger partial charge on any atom is -0.350 e. The summed E-state index contributed by atoms with van der Waals surface area (Å²) in [7, 11) is 0. The molecule has 3 heterocycles. The zero-order valence-electron chi connectivity index (χ0n) is 22.7. The van der Waals surface area contributed by atoms with E-state index in [0.29, 0.717) is 44.6 Å². The molecule has 0 saturated carbocycles. The number of nitrogens with two attached hydrogens (primary N) is 2. The molecule has 0 aromatic heterocycles. The second kappa shape index (κ2) is 13.9. The Morgan fingerprint density at radius 3 is 2.37 bits per heavy atom. The number of aliphatic imine (C=N–C) groups is 1. The summed E-state index contributed by atoms with van der Waals surface area (Å²) >= 11 is 0. The minimum absolute atomic E-state index is 0.0324. The molecule has 6 N–H and O–H groups in total. The predicted octanol–water partition coefficient (Wildman–Crippen LogP) is 0.688. The van der Waals surface area contributed by atoms with E-state index < -0.39 is 48.6 Å². The maximum absolute atomic E-state index is 15.3. The summed E-state index contributed by atoms with van der Waals surface area (Å²) in [4.78, 5) is 34.0. The van der Waals surface area contributed by atoms with E-state index in [-0.39, 0.29) is 38.0 Å². The van der Waals surface area contributed by atoms with E-state index in [1.807, 2.05) is 18.7 Å². The van der Waals surface area contributed by atoms with Gasteiger partial charge < -0.3 is 27.0 Å². The van der Waals surface area contributed by atoms with E-state index in [4.69, 9.17) is 11.5 Å². The highest BCUT2D eigenvalue weighted by Gasteiger charge is 2.43. The van der Waals surface area contributed by atoms with E-state index in [1.165, 1.54) is 0 Å². The Kier molecular flexibility index (Phi) is 11.1. The average molecular weight is 544 g/mol. The van der Waals surface area contributed by atoms with Gasteiger partial charge in [0, 0.05) is 19.0 Å². The molecule has 3 aliphatic heterocycles. The van der Waals surface area contributed by atoms with Gasteiger partial charge >= 0.3 is 0 Å². The number of rotatable bonds is 10. The van der Waals surface area contributed by atoms with Gasteiger partial charge in [-0.1, -0.05) is 12.5 Å². The Hall–Kier alpha value is -2.02. The molecule has 9 nitrogen and oxygen atoms in total. The van der Waals surface area contributed by atoms with Crippen LogP contribution in [0.15, 0.2) is 16.6 Å². The number of halogens is 3. The number of carbonyl (C=O) groups is 2. The molecule has 0 aromatic carbocycles. The van der Waals surface area contributed by atoms with Gasteiger partial charge in [0.1, 0.15) is 24.4 Å². The fraction of sp³-hybridized carbons (Fsp3) is 0.808. The number of allylic oxidation sites excluding steroid dienone is 2. The molecule has 0 bridgehead atoms. The number of alkyl halides is 3. The van der Waals surface area contributed by atoms with Crippen LogP contribution >= 0.6 is 0 Å². The zero-order valence-corrected chi connectivity index (χ0v) is 22.7. The molecule has 216 valence electrons. The molecule has 38 heavy (non-hydrogen) atoms. The van der Waals surface area contributed by atoms with Crippen LogP contribution < -0.4 is 22.1 Å². The number of hydrogen-bond donors (Lipinski definition) is 4. The lowest BCUT2D eigenvalue weighted by Crippen LogP contribution is -2.67. The van der Waals surface area contributed by atoms with Crippen molar-refractivity contribution in [2.75, 3.05) is 45.8 Å². The van der Waals surface area contributed by atoms with Crippen LogP contribution in [-0.4, -0.2) is 110 Å². The number of amides is 2. The van der Waals surface area contributed by atoms with Gasteiger partial charge in [0.25, 0.3) is 0 Å². The lowest BCUT2D eigenvalue weighted by atomic mass is 9.89. The van der Waals surface area contributed by atoms with E-state index in [9.17, 15) is 18.4 Å². The van der Waals surface area contributed by atoms with Gasteiger partial charge in [-0.2, -0.15) is 0 Å². The monoisotopic (exact) mass is 543 g/mol. The fourth-order valence-electron chi connectivity index (χ4n) is 5.44. The largest absolute Gasteiger partial charge is 0.350 e. The molecule has 3 aliphatic rings. The summed E-state index contributed by atoms with van der Waals surface area (Å²) in [6, 6.07) is -1.16. The Balaban J connectivity index is 1.70. The molecule has 5 atom stereocenters. The smallest absolute Gasteiger partial charge is 0.232 e. The van der Waals surface area contributed by atoms with E-state index in [0.717, 1.165) is 5.57 Å². The third-order valence-corrected chi connectivity index (χ3v) is 7.60. The standard InChI is InChI=1S/C26H44F3N7O2/c1-4-17(27)10-33-20(9-15(2)3)22(24(30)31)25(37)34-21-12-32-11-19(29)23(21)35-7-5-16(6-8-35)26(38)36-13-18(28)14-36/h9,16-19,21-24,32H,4-8,10-14,30-31H2,1-3H3,(H,34,37)/b33-20+. The summed E-state index contributed by atoms with van der Waals surface area (Å²) < 4.78 is 42.4. The fourth-order valence-corrected chi connectivity index (χ4v) is 5.44. The highest BCUT2D eigenvalue weighted by Crippen LogP contribution is 2.27. The molecule has 0 aromatic rings. The number of hydrogen-bond acceptors (Lipinski definition) is 7. The van der Waals surface area contributed by atoms with Crippen molar-refractivity contribution in [3.8, 4) is 0 Å². The van der Waals surface area contributed by atoms with Crippen molar-refractivity contribution >= 4 is 17.5 Å². The summed E-state index contributed by atoms with van der Waals surface area (Å²) in [5.74, 6) is -1.75. The first-order chi connectivity index (χ1) is 18.0. The van der Waals surface area contributed by atoms with Crippen LogP contribution in [0.3, 0.4) is 0 Å². The van der Waals surface area contributed by atoms with Crippen molar-refractivity contribution in [2.45, 2.75) is 76.8 Å². The summed E-state index contributed by atoms with van der Waals surface area (Å²) in [5.41, 5.74) is 13.2. The van der Waals surface area contributed by atoms with Crippen molar-refractivity contribution in [3.63, 3.8) is 0 Å². The van der Waals surface area contributed by atoms with Crippen LogP contribution in [0.4, 0.5) is 13.2 Å². The quantitative estimate of drug-likeness (QED) is 0.237. The van der Waals surface area contributed by atoms with Crippen molar-refractivity contribution < 1.29 is 22.8 Å². The number of carbonyl (C=O) groups excluding carboxylic acids is 2. The summed E-state index contributed by atoms with van der Waals surface area (Å²) in [6.07, 6.45) is -1.34. The van der Waals surface area contributed by atoms with Crippen LogP contribution in [0.25, 0.3) is 0 Å². The Bertz CT molecular complexity index is 869. The lowest BCUT2D eigenvalue weighted by Gasteiger charge is -2.46. The van der Waals surface area contributed by atoms with Gasteiger partial charge in [-0.05, 0) is 52.3 Å². The second-order valence-corrected chi connectivity index (χ2v) is 11.0. The zero-order chi connectivity index (χ0) is 28.0. The van der Waals surface area contributed by atoms with Crippen LogP contribution in [0, 0.1) is 11.8 Å². The van der Waals surface area contributed by atoms with Gasteiger partial charge in [0.05, 0.1) is 43.6 Å². The van der Waals surface area contributed by atoms with Crippen molar-refractivity contribution in [1.29, 1.82) is 0 Å². The normalized spacial score (nSPS) is 27.6. The maximum Gasteiger partial charge on any atom is 0.232 e. The number of nitrogens with zero attached hydrogens (tertiary/aromatic N) is 3. The molecule has 12 heteroatoms. The first-order valence-corrected chi connectivity index (χ1v) is 13.7. The molecule has 3 saturated heterocycles. The van der Waals surface area contributed by atoms with Crippen molar-refractivity contribution in [1.82, 2.24) is 20.4 Å². The highest BCUT2D eigenvalue weighted by molar-refractivity contribution is 6.10. The molecular formula is C26H44F3N7O2. The SMILES string of the molecule is CCC(F)C/N=C(\C=C(C)C)C(C(=O)NC1CNCC(F)C1N1CCC(C(=O)N2CC(F)C2)CC1)C(N)N. The molecule has 0 radical (unpaired) electrons. The molecule has 5 unspecified atom stereocenters. The lowest BCUT2D eigenvalue weighted by molar-refractivity contribution is -0.144. The topological polar surface area (TPSA) is 129 Å². The molecular weight excluding hydrogens is 499 g/mol. The third kappa shape index (κ3) is 7.77. The van der Waals surface area contributed by atoms with Crippen LogP contribution in [0.5, 0.6) is 0 Å². The minimum atomic E-state index is -1.24. The van der Waals surface area contributed by atoms with Gasteiger partial charge in [-0.25, -0.2) is 13.2 Å². The Labute approximate surface area is 223 Å². The molecule has 0 spiro atoms. The van der Waals surface area contributed by atoms with E-state index >= 15 is 4.39 Å². The van der Waals surface area contributed by atoms with Crippen molar-refractivity contribution in [2.24, 2.45) is 28.3 Å². The summed E-state index contributed by atoms with van der Waals surface area (Å²) in [5, 5.41) is 5.98. The first kappa shape index (κ1) is 30.5. The predicted molar refractivity (Wildman–Crippen MR) is 142 cm³/mol. The third-order valence-electron chi connectivity index (χ3n) is 7.60. The molecule has 3 rings (SSSR count). The van der Waals surface area contributed by atoms with E-state index in [1.54, 1.807) is 17.9 Å². The number of nitrogens with one attached hydrogen (secondary N) is 2. The van der Waals surface area contributed by atoms with Crippen LogP contribution in [0.1, 0.15) is 40.0 Å². The molecule has 0 aliphatic carbocycles. The van der Waals surface area contributed by atoms with Gasteiger partial charge in [-0.15, -0.1) is 0 Å². The number of likely N-dealkylation sites (tertiary alicyclic amines) is 2. The number of piperidine rings is 2. The Morgan fingerprint density at radius 1 is 1.16 bits per heavy atom. The van der Waals surface area contributed by atoms with Gasteiger partial charge in [0.15, 0.2) is 0 Å². The maximum atomic E-state index is 15.3. The van der Waals surface area contributed by atoms with Gasteiger partial charge in [0.2, 0.25) is 11.8 Å². The van der Waals surface area contributed by atoms with Gasteiger partial charge in [-0.3, -0.25) is 19.5 Å². The van der Waals surface area contributed by atoms with E-state index in [2.05, 4.69) is 15.6 Å². The van der Waals surface area contributed by atoms with Crippen molar-refractivity contribution in [3.05, 3.63) is 11.6 Å². The van der Waals surface area contributed by atoms with Crippen LogP contribution in [0.2, 0.25) is 0 Å². The first-order valence-electron chi connectivity index (χ1n) is 13.7. The molecule has 3 fully saturated rings. The van der Waals surface area contributed by atoms with Crippen LogP contribution in [-0.2, 0) is 9.59 Å².